The molecule has 0 aliphatic rings. The zero-order chi connectivity index (χ0) is 16.4. The zero-order valence-electron chi connectivity index (χ0n) is 12.7. The van der Waals surface area contributed by atoms with Gasteiger partial charge < -0.3 is 15.4 Å². The largest absolute Gasteiger partial charge is 0.477 e. The molecule has 0 unspecified atom stereocenters. The zero-order valence-corrected chi connectivity index (χ0v) is 14.3. The highest BCUT2D eigenvalue weighted by molar-refractivity contribution is 9.10. The van der Waals surface area contributed by atoms with Crippen LogP contribution in [0.3, 0.4) is 0 Å². The van der Waals surface area contributed by atoms with Gasteiger partial charge in [-0.3, -0.25) is 0 Å². The van der Waals surface area contributed by atoms with Gasteiger partial charge in [0.15, 0.2) is 0 Å². The molecule has 0 spiro atoms. The number of halogens is 1. The Kier molecular flexibility index (Phi) is 4.50. The van der Waals surface area contributed by atoms with Gasteiger partial charge in [0.1, 0.15) is 5.69 Å². The Balaban J connectivity index is 1.85. The van der Waals surface area contributed by atoms with Gasteiger partial charge in [-0.15, -0.1) is 0 Å². The van der Waals surface area contributed by atoms with Gasteiger partial charge in [-0.1, -0.05) is 46.3 Å². The van der Waals surface area contributed by atoms with Crippen molar-refractivity contribution in [1.82, 2.24) is 10.3 Å². The van der Waals surface area contributed by atoms with Crippen molar-refractivity contribution < 1.29 is 9.90 Å². The van der Waals surface area contributed by atoms with Crippen LogP contribution in [-0.2, 0) is 13.1 Å². The predicted octanol–water partition coefficient (Wildman–Crippen LogP) is 4.23. The lowest BCUT2D eigenvalue weighted by Gasteiger charge is -2.07. The maximum absolute atomic E-state index is 11.5. The SMILES string of the molecule is Cc1ccc2c(CNCc3ccccc3Br)c(C(=O)O)[nH]c2c1. The van der Waals surface area contributed by atoms with Crippen molar-refractivity contribution in [3.8, 4) is 0 Å². The van der Waals surface area contributed by atoms with Gasteiger partial charge in [0.2, 0.25) is 0 Å². The number of carboxylic acid groups (broad SMARTS) is 1. The Hall–Kier alpha value is -2.11. The molecule has 0 aliphatic heterocycles. The molecule has 5 heteroatoms. The van der Waals surface area contributed by atoms with E-state index in [1.54, 1.807) is 0 Å². The average molecular weight is 373 g/mol. The first-order chi connectivity index (χ1) is 11.1. The highest BCUT2D eigenvalue weighted by atomic mass is 79.9. The van der Waals surface area contributed by atoms with Crippen LogP contribution < -0.4 is 5.32 Å². The van der Waals surface area contributed by atoms with Crippen molar-refractivity contribution in [2.24, 2.45) is 0 Å². The highest BCUT2D eigenvalue weighted by Gasteiger charge is 2.16. The maximum atomic E-state index is 11.5. The van der Waals surface area contributed by atoms with Gasteiger partial charge >= 0.3 is 5.97 Å². The van der Waals surface area contributed by atoms with Crippen molar-refractivity contribution in [1.29, 1.82) is 0 Å². The van der Waals surface area contributed by atoms with E-state index in [0.29, 0.717) is 13.1 Å². The van der Waals surface area contributed by atoms with Gasteiger partial charge in [0, 0.05) is 34.0 Å². The fourth-order valence-electron chi connectivity index (χ4n) is 2.70. The highest BCUT2D eigenvalue weighted by Crippen LogP contribution is 2.24. The standard InChI is InChI=1S/C18H17BrN2O2/c1-11-6-7-13-14(17(18(22)23)21-16(13)8-11)10-20-9-12-4-2-3-5-15(12)19/h2-8,20-21H,9-10H2,1H3,(H,22,23). The van der Waals surface area contributed by atoms with E-state index in [0.717, 1.165) is 32.1 Å². The van der Waals surface area contributed by atoms with Crippen LogP contribution in [0.4, 0.5) is 0 Å². The van der Waals surface area contributed by atoms with E-state index >= 15 is 0 Å². The summed E-state index contributed by atoms with van der Waals surface area (Å²) in [5, 5.41) is 13.7. The number of aromatic carboxylic acids is 1. The molecule has 0 saturated carbocycles. The predicted molar refractivity (Wildman–Crippen MR) is 94.7 cm³/mol. The Labute approximate surface area is 142 Å². The first-order valence-electron chi connectivity index (χ1n) is 7.35. The van der Waals surface area contributed by atoms with E-state index in [2.05, 4.69) is 26.2 Å². The average Bonchev–Trinajstić information content (AvgIpc) is 2.87. The Morgan fingerprint density at radius 3 is 2.74 bits per heavy atom. The van der Waals surface area contributed by atoms with E-state index in [-0.39, 0.29) is 5.69 Å². The summed E-state index contributed by atoms with van der Waals surface area (Å²) >= 11 is 3.52. The summed E-state index contributed by atoms with van der Waals surface area (Å²) in [5.74, 6) is -0.934. The van der Waals surface area contributed by atoms with Crippen molar-refractivity contribution in [2.45, 2.75) is 20.0 Å². The number of H-pyrrole nitrogens is 1. The van der Waals surface area contributed by atoms with Crippen LogP contribution in [0.1, 0.15) is 27.2 Å². The summed E-state index contributed by atoms with van der Waals surface area (Å²) in [5.41, 5.74) is 4.15. The number of carbonyl (C=O) groups is 1. The second-order valence-electron chi connectivity index (χ2n) is 5.53. The third-order valence-corrected chi connectivity index (χ3v) is 4.62. The molecule has 0 aliphatic carbocycles. The van der Waals surface area contributed by atoms with Crippen LogP contribution in [0, 0.1) is 6.92 Å². The third kappa shape index (κ3) is 3.30. The Morgan fingerprint density at radius 2 is 2.00 bits per heavy atom. The molecule has 2 aromatic carbocycles. The third-order valence-electron chi connectivity index (χ3n) is 3.85. The smallest absolute Gasteiger partial charge is 0.352 e. The summed E-state index contributed by atoms with van der Waals surface area (Å²) < 4.78 is 1.04. The van der Waals surface area contributed by atoms with Crippen molar-refractivity contribution in [2.75, 3.05) is 0 Å². The molecule has 118 valence electrons. The number of nitrogens with one attached hydrogen (secondary N) is 2. The van der Waals surface area contributed by atoms with Gasteiger partial charge in [0.05, 0.1) is 0 Å². The topological polar surface area (TPSA) is 65.1 Å². The molecule has 1 heterocycles. The summed E-state index contributed by atoms with van der Waals surface area (Å²) in [6, 6.07) is 13.9. The van der Waals surface area contributed by atoms with Crippen LogP contribution in [0.5, 0.6) is 0 Å². The second kappa shape index (κ2) is 6.56. The number of benzene rings is 2. The minimum atomic E-state index is -0.934. The van der Waals surface area contributed by atoms with E-state index < -0.39 is 5.97 Å². The van der Waals surface area contributed by atoms with Crippen molar-refractivity contribution in [3.63, 3.8) is 0 Å². The number of aromatic nitrogens is 1. The molecule has 0 radical (unpaired) electrons. The van der Waals surface area contributed by atoms with Crippen LogP contribution in [0.25, 0.3) is 10.9 Å². The lowest BCUT2D eigenvalue weighted by Crippen LogP contribution is -2.15. The Bertz CT molecular complexity index is 871. The number of rotatable bonds is 5. The Morgan fingerprint density at radius 1 is 1.22 bits per heavy atom. The molecular formula is C18H17BrN2O2. The molecule has 0 bridgehead atoms. The number of aromatic amines is 1. The first-order valence-corrected chi connectivity index (χ1v) is 8.14. The summed E-state index contributed by atoms with van der Waals surface area (Å²) in [7, 11) is 0. The molecule has 0 atom stereocenters. The molecule has 23 heavy (non-hydrogen) atoms. The lowest BCUT2D eigenvalue weighted by molar-refractivity contribution is 0.0690. The molecule has 3 aromatic rings. The number of aryl methyl sites for hydroxylation is 1. The summed E-state index contributed by atoms with van der Waals surface area (Å²) in [4.78, 5) is 14.5. The van der Waals surface area contributed by atoms with Crippen LogP contribution in [0.2, 0.25) is 0 Å². The molecule has 3 rings (SSSR count). The number of hydrogen-bond acceptors (Lipinski definition) is 2. The number of hydrogen-bond donors (Lipinski definition) is 3. The van der Waals surface area contributed by atoms with Crippen LogP contribution in [-0.4, -0.2) is 16.1 Å². The van der Waals surface area contributed by atoms with E-state index in [1.807, 2.05) is 49.4 Å². The monoisotopic (exact) mass is 372 g/mol. The van der Waals surface area contributed by atoms with Gasteiger partial charge in [-0.05, 0) is 30.2 Å². The summed E-state index contributed by atoms with van der Waals surface area (Å²) in [6.07, 6.45) is 0. The molecular weight excluding hydrogens is 356 g/mol. The molecule has 0 amide bonds. The summed E-state index contributed by atoms with van der Waals surface area (Å²) in [6.45, 7) is 3.15. The van der Waals surface area contributed by atoms with Crippen LogP contribution in [0.15, 0.2) is 46.9 Å². The maximum Gasteiger partial charge on any atom is 0.352 e. The lowest BCUT2D eigenvalue weighted by atomic mass is 10.1. The molecule has 4 nitrogen and oxygen atoms in total. The van der Waals surface area contributed by atoms with Crippen molar-refractivity contribution in [3.05, 3.63) is 69.3 Å². The van der Waals surface area contributed by atoms with Crippen LogP contribution >= 0.6 is 15.9 Å². The van der Waals surface area contributed by atoms with E-state index in [9.17, 15) is 9.90 Å². The van der Waals surface area contributed by atoms with E-state index in [1.165, 1.54) is 0 Å². The molecule has 1 aromatic heterocycles. The normalized spacial score (nSPS) is 11.0. The number of fused-ring (bicyclic) bond motifs is 1. The fourth-order valence-corrected chi connectivity index (χ4v) is 3.12. The van der Waals surface area contributed by atoms with Gasteiger partial charge in [-0.2, -0.15) is 0 Å². The molecule has 0 saturated heterocycles. The van der Waals surface area contributed by atoms with E-state index in [4.69, 9.17) is 0 Å². The molecule has 0 fully saturated rings. The van der Waals surface area contributed by atoms with Gasteiger partial charge in [-0.25, -0.2) is 4.79 Å². The minimum Gasteiger partial charge on any atom is -0.477 e. The number of carboxylic acids is 1. The quantitative estimate of drug-likeness (QED) is 0.627. The van der Waals surface area contributed by atoms with Crippen molar-refractivity contribution >= 4 is 32.8 Å². The second-order valence-corrected chi connectivity index (χ2v) is 6.38. The van der Waals surface area contributed by atoms with Gasteiger partial charge in [0.25, 0.3) is 0 Å². The minimum absolute atomic E-state index is 0.255. The fraction of sp³-hybridized carbons (Fsp3) is 0.167. The first kappa shape index (κ1) is 15.8. The molecule has 3 N–H and O–H groups in total.